The monoisotopic (exact) mass is 410 g/mol. The summed E-state index contributed by atoms with van der Waals surface area (Å²) in [6.07, 6.45) is 1.91. The van der Waals surface area contributed by atoms with Crippen molar-refractivity contribution in [2.45, 2.75) is 5.03 Å². The van der Waals surface area contributed by atoms with Crippen LogP contribution in [-0.4, -0.2) is 26.3 Å². The Balaban J connectivity index is 1.29. The van der Waals surface area contributed by atoms with Gasteiger partial charge in [0.05, 0.1) is 17.6 Å². The molecule has 0 spiro atoms. The SMILES string of the molecule is O=C(CSc1ccc2nc(-c3ccccc3)cn2n1)Nc1cccc2ccccc12. The van der Waals surface area contributed by atoms with E-state index in [4.69, 9.17) is 0 Å². The number of hydrogen-bond acceptors (Lipinski definition) is 4. The molecule has 0 aliphatic carbocycles. The fraction of sp³-hybridized carbons (Fsp3) is 0.0417. The number of aromatic nitrogens is 3. The lowest BCUT2D eigenvalue weighted by Crippen LogP contribution is -2.14. The summed E-state index contributed by atoms with van der Waals surface area (Å²) < 4.78 is 1.76. The zero-order valence-electron chi connectivity index (χ0n) is 16.0. The molecule has 0 radical (unpaired) electrons. The Morgan fingerprint density at radius 1 is 0.900 bits per heavy atom. The van der Waals surface area contributed by atoms with E-state index in [1.807, 2.05) is 91.1 Å². The zero-order valence-corrected chi connectivity index (χ0v) is 16.8. The van der Waals surface area contributed by atoms with Gasteiger partial charge in [-0.1, -0.05) is 78.5 Å². The van der Waals surface area contributed by atoms with Crippen LogP contribution in [-0.2, 0) is 4.79 Å². The molecule has 1 N–H and O–H groups in total. The van der Waals surface area contributed by atoms with Crippen LogP contribution in [0.5, 0.6) is 0 Å². The van der Waals surface area contributed by atoms with Crippen LogP contribution in [0.4, 0.5) is 5.69 Å². The van der Waals surface area contributed by atoms with Gasteiger partial charge in [0, 0.05) is 16.6 Å². The molecular weight excluding hydrogens is 392 g/mol. The van der Waals surface area contributed by atoms with E-state index in [9.17, 15) is 4.79 Å². The molecule has 2 heterocycles. The molecule has 3 aromatic carbocycles. The molecule has 0 saturated heterocycles. The quantitative estimate of drug-likeness (QED) is 0.401. The molecule has 0 atom stereocenters. The fourth-order valence-corrected chi connectivity index (χ4v) is 4.01. The summed E-state index contributed by atoms with van der Waals surface area (Å²) in [7, 11) is 0. The van der Waals surface area contributed by atoms with Gasteiger partial charge in [-0.3, -0.25) is 4.79 Å². The second-order valence-corrected chi connectivity index (χ2v) is 7.83. The van der Waals surface area contributed by atoms with Crippen LogP contribution in [0.1, 0.15) is 0 Å². The van der Waals surface area contributed by atoms with Gasteiger partial charge < -0.3 is 5.32 Å². The highest BCUT2D eigenvalue weighted by Gasteiger charge is 2.09. The molecule has 0 unspecified atom stereocenters. The Labute approximate surface area is 177 Å². The highest BCUT2D eigenvalue weighted by Crippen LogP contribution is 2.24. The van der Waals surface area contributed by atoms with Gasteiger partial charge in [-0.25, -0.2) is 9.50 Å². The summed E-state index contributed by atoms with van der Waals surface area (Å²) in [6, 6.07) is 27.7. The van der Waals surface area contributed by atoms with Crippen molar-refractivity contribution in [2.24, 2.45) is 0 Å². The molecule has 146 valence electrons. The third-order valence-corrected chi connectivity index (χ3v) is 5.70. The summed E-state index contributed by atoms with van der Waals surface area (Å²) in [5.41, 5.74) is 3.52. The summed E-state index contributed by atoms with van der Waals surface area (Å²) >= 11 is 1.40. The largest absolute Gasteiger partial charge is 0.325 e. The maximum absolute atomic E-state index is 12.5. The minimum absolute atomic E-state index is 0.0612. The molecule has 5 aromatic rings. The molecule has 5 nitrogen and oxygen atoms in total. The van der Waals surface area contributed by atoms with E-state index in [0.29, 0.717) is 0 Å². The molecule has 2 aromatic heterocycles. The minimum Gasteiger partial charge on any atom is -0.325 e. The number of amides is 1. The zero-order chi connectivity index (χ0) is 20.3. The van der Waals surface area contributed by atoms with E-state index >= 15 is 0 Å². The van der Waals surface area contributed by atoms with Gasteiger partial charge >= 0.3 is 0 Å². The van der Waals surface area contributed by atoms with Gasteiger partial charge in [-0.15, -0.1) is 0 Å². The average molecular weight is 411 g/mol. The number of anilines is 1. The molecule has 0 fully saturated rings. The number of carbonyl (C=O) groups is 1. The fourth-order valence-electron chi connectivity index (χ4n) is 3.35. The van der Waals surface area contributed by atoms with Crippen molar-refractivity contribution >= 4 is 39.8 Å². The summed E-state index contributed by atoms with van der Waals surface area (Å²) in [4.78, 5) is 17.1. The molecule has 30 heavy (non-hydrogen) atoms. The molecule has 0 aliphatic heterocycles. The summed E-state index contributed by atoms with van der Waals surface area (Å²) in [5, 5.41) is 10.5. The number of thioether (sulfide) groups is 1. The van der Waals surface area contributed by atoms with E-state index in [-0.39, 0.29) is 11.7 Å². The number of benzene rings is 3. The molecular formula is C24H18N4OS. The first-order chi connectivity index (χ1) is 14.8. The first-order valence-corrected chi connectivity index (χ1v) is 10.6. The number of imidazole rings is 1. The van der Waals surface area contributed by atoms with Crippen LogP contribution >= 0.6 is 11.8 Å². The van der Waals surface area contributed by atoms with Crippen LogP contribution in [0.2, 0.25) is 0 Å². The van der Waals surface area contributed by atoms with Crippen LogP contribution in [0.15, 0.2) is 96.2 Å². The standard InChI is InChI=1S/C24H18N4OS/c29-23(26-20-12-6-10-17-7-4-5-11-19(17)20)16-30-24-14-13-22-25-21(15-28(22)27-24)18-8-2-1-3-9-18/h1-15H,16H2,(H,26,29). The topological polar surface area (TPSA) is 59.3 Å². The minimum atomic E-state index is -0.0612. The maximum atomic E-state index is 12.5. The molecule has 1 amide bonds. The van der Waals surface area contributed by atoms with Crippen molar-refractivity contribution in [2.75, 3.05) is 11.1 Å². The van der Waals surface area contributed by atoms with Crippen molar-refractivity contribution in [1.82, 2.24) is 14.6 Å². The van der Waals surface area contributed by atoms with Crippen LogP contribution in [0.25, 0.3) is 27.7 Å². The van der Waals surface area contributed by atoms with E-state index in [1.54, 1.807) is 4.52 Å². The Kier molecular flexibility index (Phi) is 4.91. The molecule has 6 heteroatoms. The van der Waals surface area contributed by atoms with Crippen molar-refractivity contribution in [3.8, 4) is 11.3 Å². The average Bonchev–Trinajstić information content (AvgIpc) is 3.22. The number of hydrogen-bond donors (Lipinski definition) is 1. The van der Waals surface area contributed by atoms with Crippen LogP contribution in [0.3, 0.4) is 0 Å². The van der Waals surface area contributed by atoms with E-state index in [2.05, 4.69) is 15.4 Å². The maximum Gasteiger partial charge on any atom is 0.234 e. The molecule has 5 rings (SSSR count). The van der Waals surface area contributed by atoms with E-state index < -0.39 is 0 Å². The smallest absolute Gasteiger partial charge is 0.234 e. The number of nitrogens with zero attached hydrogens (tertiary/aromatic N) is 3. The molecule has 0 bridgehead atoms. The Hall–Kier alpha value is -3.64. The number of carbonyl (C=O) groups excluding carboxylic acids is 1. The second kappa shape index (κ2) is 8.00. The Morgan fingerprint density at radius 3 is 2.60 bits per heavy atom. The Bertz CT molecular complexity index is 1340. The van der Waals surface area contributed by atoms with Gasteiger partial charge in [0.2, 0.25) is 5.91 Å². The third-order valence-electron chi connectivity index (χ3n) is 4.78. The number of rotatable bonds is 5. The lowest BCUT2D eigenvalue weighted by atomic mass is 10.1. The third kappa shape index (κ3) is 3.77. The number of fused-ring (bicyclic) bond motifs is 2. The van der Waals surface area contributed by atoms with Crippen molar-refractivity contribution in [3.63, 3.8) is 0 Å². The summed E-state index contributed by atoms with van der Waals surface area (Å²) in [5.74, 6) is 0.218. The molecule has 0 aliphatic rings. The van der Waals surface area contributed by atoms with Gasteiger partial charge in [0.25, 0.3) is 0 Å². The summed E-state index contributed by atoms with van der Waals surface area (Å²) in [6.45, 7) is 0. The first kappa shape index (κ1) is 18.4. The van der Waals surface area contributed by atoms with Crippen LogP contribution < -0.4 is 5.32 Å². The normalized spacial score (nSPS) is 11.1. The van der Waals surface area contributed by atoms with Gasteiger partial charge in [0.1, 0.15) is 5.03 Å². The van der Waals surface area contributed by atoms with Crippen molar-refractivity contribution in [3.05, 3.63) is 91.1 Å². The predicted octanol–water partition coefficient (Wildman–Crippen LogP) is 5.28. The van der Waals surface area contributed by atoms with Crippen molar-refractivity contribution in [1.29, 1.82) is 0 Å². The van der Waals surface area contributed by atoms with Crippen molar-refractivity contribution < 1.29 is 4.79 Å². The highest BCUT2D eigenvalue weighted by atomic mass is 32.2. The van der Waals surface area contributed by atoms with E-state index in [1.165, 1.54) is 11.8 Å². The first-order valence-electron chi connectivity index (χ1n) is 9.58. The van der Waals surface area contributed by atoms with Crippen LogP contribution in [0, 0.1) is 0 Å². The van der Waals surface area contributed by atoms with Gasteiger partial charge in [0.15, 0.2) is 5.65 Å². The lowest BCUT2D eigenvalue weighted by molar-refractivity contribution is -0.113. The lowest BCUT2D eigenvalue weighted by Gasteiger charge is -2.08. The second-order valence-electron chi connectivity index (χ2n) is 6.83. The van der Waals surface area contributed by atoms with Gasteiger partial charge in [-0.2, -0.15) is 5.10 Å². The van der Waals surface area contributed by atoms with Gasteiger partial charge in [-0.05, 0) is 23.6 Å². The predicted molar refractivity (Wildman–Crippen MR) is 122 cm³/mol. The highest BCUT2D eigenvalue weighted by molar-refractivity contribution is 7.99. The Morgan fingerprint density at radius 2 is 1.70 bits per heavy atom. The molecule has 0 saturated carbocycles. The number of nitrogens with one attached hydrogen (secondary N) is 1. The van der Waals surface area contributed by atoms with E-state index in [0.717, 1.165) is 38.4 Å².